The van der Waals surface area contributed by atoms with Crippen molar-refractivity contribution in [2.75, 3.05) is 24.2 Å². The van der Waals surface area contributed by atoms with Crippen LogP contribution in [-0.2, 0) is 0 Å². The van der Waals surface area contributed by atoms with Crippen molar-refractivity contribution in [3.63, 3.8) is 0 Å². The van der Waals surface area contributed by atoms with Gasteiger partial charge in [0.25, 0.3) is 0 Å². The summed E-state index contributed by atoms with van der Waals surface area (Å²) >= 11 is 0. The van der Waals surface area contributed by atoms with Crippen LogP contribution in [0, 0.1) is 0 Å². The Morgan fingerprint density at radius 2 is 1.78 bits per heavy atom. The molecule has 0 fully saturated rings. The van der Waals surface area contributed by atoms with E-state index in [0.29, 0.717) is 5.69 Å². The van der Waals surface area contributed by atoms with Crippen molar-refractivity contribution in [3.8, 4) is 11.5 Å². The van der Waals surface area contributed by atoms with Crippen molar-refractivity contribution >= 4 is 22.5 Å². The van der Waals surface area contributed by atoms with Crippen LogP contribution >= 0.6 is 0 Å². The number of ether oxygens (including phenoxy) is 1. The van der Waals surface area contributed by atoms with Crippen molar-refractivity contribution in [2.24, 2.45) is 0 Å². The molecule has 3 rings (SSSR count). The topological polar surface area (TPSA) is 64.3 Å². The van der Waals surface area contributed by atoms with Crippen molar-refractivity contribution < 1.29 is 4.74 Å². The van der Waals surface area contributed by atoms with Crippen LogP contribution in [0.5, 0.6) is 11.5 Å². The second kappa shape index (κ2) is 6.52. The lowest BCUT2D eigenvalue weighted by Crippen LogP contribution is -2.19. The first kappa shape index (κ1) is 15.1. The van der Waals surface area contributed by atoms with Crippen LogP contribution < -0.4 is 15.4 Å². The number of nitrogen functional groups attached to an aromatic ring is 1. The molecule has 5 nitrogen and oxygen atoms in total. The largest absolute Gasteiger partial charge is 0.457 e. The minimum absolute atomic E-state index is 0.713. The molecule has 5 heteroatoms. The lowest BCUT2D eigenvalue weighted by Gasteiger charge is -2.17. The van der Waals surface area contributed by atoms with Gasteiger partial charge in [0.1, 0.15) is 17.3 Å². The highest BCUT2D eigenvalue weighted by atomic mass is 16.5. The Labute approximate surface area is 135 Å². The fraction of sp³-hybridized carbons (Fsp3) is 0.222. The number of rotatable bonds is 5. The van der Waals surface area contributed by atoms with Crippen molar-refractivity contribution in [1.29, 1.82) is 0 Å². The molecule has 0 unspecified atom stereocenters. The van der Waals surface area contributed by atoms with Crippen LogP contribution in [0.1, 0.15) is 13.3 Å². The number of anilines is 2. The minimum Gasteiger partial charge on any atom is -0.457 e. The van der Waals surface area contributed by atoms with E-state index in [2.05, 4.69) is 21.8 Å². The van der Waals surface area contributed by atoms with Crippen LogP contribution in [0.3, 0.4) is 0 Å². The Kier molecular flexibility index (Phi) is 4.28. The summed E-state index contributed by atoms with van der Waals surface area (Å²) in [6.07, 6.45) is 2.87. The minimum atomic E-state index is 0.713. The zero-order valence-corrected chi connectivity index (χ0v) is 13.4. The quantitative estimate of drug-likeness (QED) is 0.725. The van der Waals surface area contributed by atoms with Gasteiger partial charge in [-0.25, -0.2) is 4.98 Å². The van der Waals surface area contributed by atoms with Gasteiger partial charge in [-0.1, -0.05) is 6.92 Å². The predicted octanol–water partition coefficient (Wildman–Crippen LogP) is 3.85. The lowest BCUT2D eigenvalue weighted by molar-refractivity contribution is 0.483. The molecule has 0 aliphatic rings. The summed E-state index contributed by atoms with van der Waals surface area (Å²) in [5.41, 5.74) is 8.07. The second-order valence-corrected chi connectivity index (χ2v) is 5.47. The fourth-order valence-corrected chi connectivity index (χ4v) is 2.35. The molecule has 0 atom stereocenters. The van der Waals surface area contributed by atoms with Gasteiger partial charge in [0, 0.05) is 25.3 Å². The number of benzene rings is 2. The molecule has 0 radical (unpaired) electrons. The van der Waals surface area contributed by atoms with Crippen LogP contribution in [-0.4, -0.2) is 23.6 Å². The Hall–Kier alpha value is -2.82. The van der Waals surface area contributed by atoms with Gasteiger partial charge in [-0.2, -0.15) is 0 Å². The molecular weight excluding hydrogens is 288 g/mol. The molecule has 2 aromatic carbocycles. The van der Waals surface area contributed by atoms with E-state index in [1.807, 2.05) is 49.5 Å². The van der Waals surface area contributed by atoms with Gasteiger partial charge in [0.05, 0.1) is 17.2 Å². The summed E-state index contributed by atoms with van der Waals surface area (Å²) in [5, 5.41) is 0. The number of hydrogen-bond donors (Lipinski definition) is 1. The molecule has 1 aromatic heterocycles. The molecular formula is C18H20N4O. The van der Waals surface area contributed by atoms with Gasteiger partial charge < -0.3 is 15.4 Å². The number of aromatic nitrogens is 2. The molecule has 118 valence electrons. The molecule has 0 spiro atoms. The van der Waals surface area contributed by atoms with Crippen molar-refractivity contribution in [1.82, 2.24) is 9.97 Å². The first-order valence-electron chi connectivity index (χ1n) is 7.67. The van der Waals surface area contributed by atoms with Crippen molar-refractivity contribution in [3.05, 3.63) is 48.7 Å². The zero-order chi connectivity index (χ0) is 16.2. The van der Waals surface area contributed by atoms with Crippen LogP contribution in [0.4, 0.5) is 11.5 Å². The molecule has 3 aromatic rings. The van der Waals surface area contributed by atoms with Crippen LogP contribution in [0.25, 0.3) is 11.0 Å². The molecule has 0 amide bonds. The van der Waals surface area contributed by atoms with Crippen molar-refractivity contribution in [2.45, 2.75) is 13.3 Å². The van der Waals surface area contributed by atoms with Gasteiger partial charge >= 0.3 is 0 Å². The van der Waals surface area contributed by atoms with E-state index >= 15 is 0 Å². The number of hydrogen-bond acceptors (Lipinski definition) is 5. The molecule has 2 N–H and O–H groups in total. The predicted molar refractivity (Wildman–Crippen MR) is 94.0 cm³/mol. The zero-order valence-electron chi connectivity index (χ0n) is 13.4. The van der Waals surface area contributed by atoms with Gasteiger partial charge in [0.15, 0.2) is 0 Å². The van der Waals surface area contributed by atoms with E-state index in [4.69, 9.17) is 10.5 Å². The Balaban J connectivity index is 1.88. The van der Waals surface area contributed by atoms with Gasteiger partial charge in [-0.15, -0.1) is 0 Å². The Bertz CT molecular complexity index is 802. The number of nitrogens with two attached hydrogens (primary N) is 1. The molecule has 0 saturated heterocycles. The summed E-state index contributed by atoms with van der Waals surface area (Å²) in [6, 6.07) is 13.0. The van der Waals surface area contributed by atoms with E-state index in [1.54, 1.807) is 6.20 Å². The first-order valence-corrected chi connectivity index (χ1v) is 7.67. The standard InChI is InChI=1S/C18H20N4O/c1-3-10-22(2)18-12-20-16-9-8-15(11-17(16)21-18)23-14-6-4-13(19)5-7-14/h4-9,11-12H,3,10,19H2,1-2H3. The molecule has 1 heterocycles. The summed E-state index contributed by atoms with van der Waals surface area (Å²) in [7, 11) is 2.02. The summed E-state index contributed by atoms with van der Waals surface area (Å²) < 4.78 is 5.85. The summed E-state index contributed by atoms with van der Waals surface area (Å²) in [5.74, 6) is 2.33. The monoisotopic (exact) mass is 308 g/mol. The first-order chi connectivity index (χ1) is 11.2. The number of nitrogens with zero attached hydrogens (tertiary/aromatic N) is 3. The maximum absolute atomic E-state index is 5.85. The van der Waals surface area contributed by atoms with E-state index in [1.165, 1.54) is 0 Å². The smallest absolute Gasteiger partial charge is 0.147 e. The second-order valence-electron chi connectivity index (χ2n) is 5.47. The van der Waals surface area contributed by atoms with E-state index in [0.717, 1.165) is 41.3 Å². The maximum atomic E-state index is 5.85. The summed E-state index contributed by atoms with van der Waals surface area (Å²) in [6.45, 7) is 3.09. The average molecular weight is 308 g/mol. The molecule has 0 bridgehead atoms. The van der Waals surface area contributed by atoms with Crippen LogP contribution in [0.15, 0.2) is 48.7 Å². The highest BCUT2D eigenvalue weighted by molar-refractivity contribution is 5.77. The van der Waals surface area contributed by atoms with E-state index in [9.17, 15) is 0 Å². The van der Waals surface area contributed by atoms with Gasteiger partial charge in [-0.05, 0) is 42.8 Å². The summed E-state index contributed by atoms with van der Waals surface area (Å²) in [4.78, 5) is 11.2. The average Bonchev–Trinajstić information content (AvgIpc) is 2.56. The molecule has 0 saturated carbocycles. The Morgan fingerprint density at radius 1 is 1.04 bits per heavy atom. The van der Waals surface area contributed by atoms with E-state index < -0.39 is 0 Å². The molecule has 0 aliphatic carbocycles. The molecule has 23 heavy (non-hydrogen) atoms. The van der Waals surface area contributed by atoms with E-state index in [-0.39, 0.29) is 0 Å². The highest BCUT2D eigenvalue weighted by Gasteiger charge is 2.06. The highest BCUT2D eigenvalue weighted by Crippen LogP contribution is 2.25. The van der Waals surface area contributed by atoms with Crippen LogP contribution in [0.2, 0.25) is 0 Å². The Morgan fingerprint density at radius 3 is 2.52 bits per heavy atom. The third-order valence-corrected chi connectivity index (χ3v) is 3.57. The van der Waals surface area contributed by atoms with Gasteiger partial charge in [-0.3, -0.25) is 4.98 Å². The maximum Gasteiger partial charge on any atom is 0.147 e. The SMILES string of the molecule is CCCN(C)c1cnc2ccc(Oc3ccc(N)cc3)cc2n1. The lowest BCUT2D eigenvalue weighted by atomic mass is 10.2. The normalized spacial score (nSPS) is 10.7. The van der Waals surface area contributed by atoms with Gasteiger partial charge in [0.2, 0.25) is 0 Å². The third-order valence-electron chi connectivity index (χ3n) is 3.57. The third kappa shape index (κ3) is 3.51. The fourth-order valence-electron chi connectivity index (χ4n) is 2.35. The number of fused-ring (bicyclic) bond motifs is 1. The molecule has 0 aliphatic heterocycles.